The van der Waals surface area contributed by atoms with E-state index in [0.717, 1.165) is 11.1 Å². The molecule has 0 saturated carbocycles. The van der Waals surface area contributed by atoms with Crippen molar-refractivity contribution in [1.82, 2.24) is 9.80 Å². The molecule has 3 amide bonds. The van der Waals surface area contributed by atoms with E-state index < -0.39 is 6.03 Å². The van der Waals surface area contributed by atoms with Crippen LogP contribution in [0.15, 0.2) is 72.8 Å². The molecule has 6 nitrogen and oxygen atoms in total. The Morgan fingerprint density at radius 3 is 1.70 bits per heavy atom. The average molecular weight is 450 g/mol. The van der Waals surface area contributed by atoms with Crippen LogP contribution < -0.4 is 11.1 Å². The molecule has 3 N–H and O–H groups in total. The standard InChI is InChI=1S/C25H24F2N4O2/c26-20-7-1-17(2-8-20)23(18-3-9-21(27)10-4-18)30-13-15-31(16-14-30)24(32)19-5-11-22(12-6-19)29-25(28)33/h1-12,23H,13-16H2,(H3,28,29,33). The smallest absolute Gasteiger partial charge is 0.316 e. The molecule has 3 aromatic carbocycles. The molecule has 1 fully saturated rings. The molecule has 1 heterocycles. The van der Waals surface area contributed by atoms with Crippen LogP contribution in [-0.2, 0) is 0 Å². The molecule has 170 valence electrons. The summed E-state index contributed by atoms with van der Waals surface area (Å²) in [7, 11) is 0. The summed E-state index contributed by atoms with van der Waals surface area (Å²) in [4.78, 5) is 27.9. The Hall–Kier alpha value is -3.78. The number of piperazine rings is 1. The maximum atomic E-state index is 13.5. The molecule has 0 atom stereocenters. The number of hydrogen-bond donors (Lipinski definition) is 2. The topological polar surface area (TPSA) is 78.7 Å². The lowest BCUT2D eigenvalue weighted by molar-refractivity contribution is 0.0597. The Kier molecular flexibility index (Phi) is 6.65. The van der Waals surface area contributed by atoms with Crippen LogP contribution in [0.4, 0.5) is 19.3 Å². The number of benzene rings is 3. The average Bonchev–Trinajstić information content (AvgIpc) is 2.82. The third kappa shape index (κ3) is 5.35. The van der Waals surface area contributed by atoms with Crippen molar-refractivity contribution >= 4 is 17.6 Å². The number of urea groups is 1. The highest BCUT2D eigenvalue weighted by Crippen LogP contribution is 2.30. The minimum atomic E-state index is -0.665. The fourth-order valence-electron chi connectivity index (χ4n) is 4.11. The molecular weight excluding hydrogens is 426 g/mol. The molecule has 1 saturated heterocycles. The van der Waals surface area contributed by atoms with Crippen LogP contribution in [0.3, 0.4) is 0 Å². The third-order valence-electron chi connectivity index (χ3n) is 5.74. The number of halogens is 2. The zero-order valence-electron chi connectivity index (χ0n) is 17.9. The number of nitrogens with two attached hydrogens (primary N) is 1. The maximum Gasteiger partial charge on any atom is 0.316 e. The van der Waals surface area contributed by atoms with Crippen LogP contribution in [0.2, 0.25) is 0 Å². The fraction of sp³-hybridized carbons (Fsp3) is 0.200. The zero-order valence-corrected chi connectivity index (χ0v) is 17.9. The molecule has 0 spiro atoms. The molecule has 4 rings (SSSR count). The number of carbonyl (C=O) groups excluding carboxylic acids is 2. The van der Waals surface area contributed by atoms with Crippen molar-refractivity contribution in [2.24, 2.45) is 5.73 Å². The number of hydrogen-bond acceptors (Lipinski definition) is 3. The minimum absolute atomic E-state index is 0.0969. The van der Waals surface area contributed by atoms with Crippen molar-refractivity contribution in [1.29, 1.82) is 0 Å². The van der Waals surface area contributed by atoms with Gasteiger partial charge in [-0.1, -0.05) is 24.3 Å². The summed E-state index contributed by atoms with van der Waals surface area (Å²) in [5.74, 6) is -0.728. The number of anilines is 1. The van der Waals surface area contributed by atoms with E-state index >= 15 is 0 Å². The number of nitrogens with one attached hydrogen (secondary N) is 1. The van der Waals surface area contributed by atoms with Crippen molar-refractivity contribution < 1.29 is 18.4 Å². The highest BCUT2D eigenvalue weighted by molar-refractivity contribution is 5.95. The van der Waals surface area contributed by atoms with Gasteiger partial charge >= 0.3 is 6.03 Å². The number of carbonyl (C=O) groups is 2. The van der Waals surface area contributed by atoms with Gasteiger partial charge in [0, 0.05) is 37.4 Å². The molecule has 3 aromatic rings. The van der Waals surface area contributed by atoms with Crippen LogP contribution >= 0.6 is 0 Å². The van der Waals surface area contributed by atoms with Crippen molar-refractivity contribution in [2.75, 3.05) is 31.5 Å². The molecule has 0 radical (unpaired) electrons. The molecule has 0 unspecified atom stereocenters. The zero-order chi connectivity index (χ0) is 23.4. The third-order valence-corrected chi connectivity index (χ3v) is 5.74. The van der Waals surface area contributed by atoms with Gasteiger partial charge in [0.1, 0.15) is 11.6 Å². The lowest BCUT2D eigenvalue weighted by atomic mass is 9.96. The Balaban J connectivity index is 1.48. The van der Waals surface area contributed by atoms with E-state index in [4.69, 9.17) is 5.73 Å². The van der Waals surface area contributed by atoms with E-state index in [1.807, 2.05) is 0 Å². The van der Waals surface area contributed by atoms with E-state index in [0.29, 0.717) is 37.4 Å². The van der Waals surface area contributed by atoms with Crippen LogP contribution in [0, 0.1) is 11.6 Å². The van der Waals surface area contributed by atoms with Crippen molar-refractivity contribution in [3.63, 3.8) is 0 Å². The van der Waals surface area contributed by atoms with Gasteiger partial charge in [-0.15, -0.1) is 0 Å². The van der Waals surface area contributed by atoms with Gasteiger partial charge in [0.15, 0.2) is 0 Å². The Bertz CT molecular complexity index is 1070. The molecular formula is C25H24F2N4O2. The number of amides is 3. The van der Waals surface area contributed by atoms with E-state index in [2.05, 4.69) is 10.2 Å². The predicted octanol–water partition coefficient (Wildman–Crippen LogP) is 4.00. The Morgan fingerprint density at radius 1 is 0.758 bits per heavy atom. The van der Waals surface area contributed by atoms with E-state index in [1.165, 1.54) is 24.3 Å². The molecule has 1 aliphatic rings. The van der Waals surface area contributed by atoms with Gasteiger partial charge in [-0.2, -0.15) is 0 Å². The maximum absolute atomic E-state index is 13.5. The van der Waals surface area contributed by atoms with Crippen LogP contribution in [-0.4, -0.2) is 47.9 Å². The normalized spacial score (nSPS) is 14.3. The van der Waals surface area contributed by atoms with Gasteiger partial charge in [-0.05, 0) is 59.7 Å². The number of primary amides is 1. The number of rotatable bonds is 5. The molecule has 1 aliphatic heterocycles. The lowest BCUT2D eigenvalue weighted by Gasteiger charge is -2.39. The lowest BCUT2D eigenvalue weighted by Crippen LogP contribution is -2.49. The van der Waals surface area contributed by atoms with Crippen molar-refractivity contribution in [2.45, 2.75) is 6.04 Å². The highest BCUT2D eigenvalue weighted by atomic mass is 19.1. The molecule has 8 heteroatoms. The fourth-order valence-corrected chi connectivity index (χ4v) is 4.11. The second-order valence-corrected chi connectivity index (χ2v) is 7.90. The molecule has 0 bridgehead atoms. The van der Waals surface area contributed by atoms with Gasteiger partial charge in [-0.25, -0.2) is 13.6 Å². The van der Waals surface area contributed by atoms with E-state index in [-0.39, 0.29) is 23.6 Å². The first-order valence-electron chi connectivity index (χ1n) is 10.6. The molecule has 0 aliphatic carbocycles. The Morgan fingerprint density at radius 2 is 1.24 bits per heavy atom. The molecule has 33 heavy (non-hydrogen) atoms. The monoisotopic (exact) mass is 450 g/mol. The minimum Gasteiger partial charge on any atom is -0.351 e. The largest absolute Gasteiger partial charge is 0.351 e. The van der Waals surface area contributed by atoms with Crippen molar-refractivity contribution in [3.8, 4) is 0 Å². The van der Waals surface area contributed by atoms with Crippen LogP contribution in [0.25, 0.3) is 0 Å². The SMILES string of the molecule is NC(=O)Nc1ccc(C(=O)N2CCN(C(c3ccc(F)cc3)c3ccc(F)cc3)CC2)cc1. The molecule has 0 aromatic heterocycles. The first kappa shape index (κ1) is 22.4. The van der Waals surface area contributed by atoms with Gasteiger partial charge < -0.3 is 16.0 Å². The summed E-state index contributed by atoms with van der Waals surface area (Å²) in [6.07, 6.45) is 0. The summed E-state index contributed by atoms with van der Waals surface area (Å²) < 4.78 is 27.0. The predicted molar refractivity (Wildman–Crippen MR) is 122 cm³/mol. The van der Waals surface area contributed by atoms with Gasteiger partial charge in [0.05, 0.1) is 6.04 Å². The second kappa shape index (κ2) is 9.79. The van der Waals surface area contributed by atoms with Crippen LogP contribution in [0.1, 0.15) is 27.5 Å². The summed E-state index contributed by atoms with van der Waals surface area (Å²) in [5.41, 5.74) is 7.95. The first-order chi connectivity index (χ1) is 15.9. The number of nitrogens with zero attached hydrogens (tertiary/aromatic N) is 2. The van der Waals surface area contributed by atoms with Gasteiger partial charge in [0.25, 0.3) is 5.91 Å². The summed E-state index contributed by atoms with van der Waals surface area (Å²) >= 11 is 0. The first-order valence-corrected chi connectivity index (χ1v) is 10.6. The second-order valence-electron chi connectivity index (χ2n) is 7.90. The van der Waals surface area contributed by atoms with E-state index in [9.17, 15) is 18.4 Å². The van der Waals surface area contributed by atoms with E-state index in [1.54, 1.807) is 53.4 Å². The summed E-state index contributed by atoms with van der Waals surface area (Å²) in [6, 6.07) is 18.4. The summed E-state index contributed by atoms with van der Waals surface area (Å²) in [5, 5.41) is 2.47. The quantitative estimate of drug-likeness (QED) is 0.617. The Labute approximate surface area is 190 Å². The van der Waals surface area contributed by atoms with Gasteiger partial charge in [-0.3, -0.25) is 9.69 Å². The van der Waals surface area contributed by atoms with Crippen molar-refractivity contribution in [3.05, 3.63) is 101 Å². The van der Waals surface area contributed by atoms with Gasteiger partial charge in [0.2, 0.25) is 0 Å². The van der Waals surface area contributed by atoms with Crippen LogP contribution in [0.5, 0.6) is 0 Å². The summed E-state index contributed by atoms with van der Waals surface area (Å²) in [6.45, 7) is 2.23. The highest BCUT2D eigenvalue weighted by Gasteiger charge is 2.28.